The molecule has 0 fully saturated rings. The van der Waals surface area contributed by atoms with E-state index in [2.05, 4.69) is 19.2 Å². The first-order valence-corrected chi connectivity index (χ1v) is 6.61. The summed E-state index contributed by atoms with van der Waals surface area (Å²) in [6, 6.07) is 0.457. The van der Waals surface area contributed by atoms with Crippen LogP contribution in [0, 0.1) is 0 Å². The van der Waals surface area contributed by atoms with Crippen LogP contribution >= 0.6 is 0 Å². The van der Waals surface area contributed by atoms with Crippen molar-refractivity contribution >= 4 is 0 Å². The van der Waals surface area contributed by atoms with Crippen molar-refractivity contribution in [2.45, 2.75) is 32.4 Å². The number of rotatable bonds is 13. The van der Waals surface area contributed by atoms with Crippen molar-refractivity contribution in [1.29, 1.82) is 0 Å². The molecule has 0 aliphatic carbocycles. The van der Waals surface area contributed by atoms with Gasteiger partial charge in [-0.3, -0.25) is 0 Å². The van der Waals surface area contributed by atoms with Gasteiger partial charge >= 0.3 is 0 Å². The molecule has 0 aliphatic heterocycles. The Morgan fingerprint density at radius 1 is 0.944 bits per heavy atom. The van der Waals surface area contributed by atoms with Gasteiger partial charge in [0.05, 0.1) is 25.9 Å². The summed E-state index contributed by atoms with van der Waals surface area (Å²) in [7, 11) is 3.38. The number of methoxy groups -OCH3 is 2. The van der Waals surface area contributed by atoms with Crippen molar-refractivity contribution in [3.63, 3.8) is 0 Å². The number of hydrogen-bond donors (Lipinski definition) is 1. The van der Waals surface area contributed by atoms with E-state index >= 15 is 0 Å². The smallest absolute Gasteiger partial charge is 0.0933 e. The van der Waals surface area contributed by atoms with Crippen molar-refractivity contribution in [3.05, 3.63) is 0 Å². The van der Waals surface area contributed by atoms with Gasteiger partial charge in [0.1, 0.15) is 0 Å². The second kappa shape index (κ2) is 13.2. The maximum absolute atomic E-state index is 5.70. The van der Waals surface area contributed by atoms with Crippen molar-refractivity contribution in [3.8, 4) is 0 Å². The first-order valence-electron chi connectivity index (χ1n) is 6.61. The van der Waals surface area contributed by atoms with Crippen LogP contribution in [0.2, 0.25) is 0 Å². The van der Waals surface area contributed by atoms with Crippen LogP contribution in [0.5, 0.6) is 0 Å². The van der Waals surface area contributed by atoms with Crippen molar-refractivity contribution in [1.82, 2.24) is 5.32 Å². The average molecular weight is 263 g/mol. The van der Waals surface area contributed by atoms with Crippen LogP contribution in [-0.4, -0.2) is 65.9 Å². The molecule has 18 heavy (non-hydrogen) atoms. The Balaban J connectivity index is 3.45. The van der Waals surface area contributed by atoms with Gasteiger partial charge in [0.2, 0.25) is 0 Å². The minimum absolute atomic E-state index is 0.0833. The molecule has 0 amide bonds. The fraction of sp³-hybridized carbons (Fsp3) is 1.00. The summed E-state index contributed by atoms with van der Waals surface area (Å²) < 4.78 is 21.2. The van der Waals surface area contributed by atoms with Gasteiger partial charge in [-0.2, -0.15) is 0 Å². The molecule has 0 radical (unpaired) electrons. The average Bonchev–Trinajstić information content (AvgIpc) is 2.34. The lowest BCUT2D eigenvalue weighted by Gasteiger charge is -2.19. The maximum Gasteiger partial charge on any atom is 0.0933 e. The van der Waals surface area contributed by atoms with E-state index in [0.717, 1.165) is 26.2 Å². The summed E-state index contributed by atoms with van der Waals surface area (Å²) in [5.41, 5.74) is 0. The molecule has 0 saturated heterocycles. The van der Waals surface area contributed by atoms with Crippen molar-refractivity contribution in [2.75, 3.05) is 53.8 Å². The first kappa shape index (κ1) is 17.8. The fourth-order valence-electron chi connectivity index (χ4n) is 1.40. The highest BCUT2D eigenvalue weighted by Gasteiger charge is 2.09. The molecule has 0 saturated carbocycles. The standard InChI is InChI=1S/C13H29NO4/c1-12(2)14-10-13(11-16-4)18-9-8-17-7-5-6-15-3/h12-14H,5-11H2,1-4H3. The van der Waals surface area contributed by atoms with Gasteiger partial charge in [0.15, 0.2) is 0 Å². The Morgan fingerprint density at radius 3 is 2.33 bits per heavy atom. The van der Waals surface area contributed by atoms with Gasteiger partial charge < -0.3 is 24.3 Å². The SMILES string of the molecule is COCCCOCCOC(CNC(C)C)COC. The van der Waals surface area contributed by atoms with Gasteiger partial charge in [-0.1, -0.05) is 13.8 Å². The largest absolute Gasteiger partial charge is 0.385 e. The van der Waals surface area contributed by atoms with Gasteiger partial charge in [-0.05, 0) is 6.42 Å². The maximum atomic E-state index is 5.70. The summed E-state index contributed by atoms with van der Waals surface area (Å²) in [6.07, 6.45) is 1.01. The number of hydrogen-bond acceptors (Lipinski definition) is 5. The predicted molar refractivity (Wildman–Crippen MR) is 72.1 cm³/mol. The molecule has 0 heterocycles. The van der Waals surface area contributed by atoms with Crippen LogP contribution < -0.4 is 5.32 Å². The lowest BCUT2D eigenvalue weighted by atomic mass is 10.3. The summed E-state index contributed by atoms with van der Waals surface area (Å²) in [5.74, 6) is 0. The third kappa shape index (κ3) is 12.3. The lowest BCUT2D eigenvalue weighted by molar-refractivity contribution is -0.0294. The highest BCUT2D eigenvalue weighted by molar-refractivity contribution is 4.63. The zero-order valence-corrected chi connectivity index (χ0v) is 12.2. The molecule has 5 heteroatoms. The normalized spacial score (nSPS) is 13.2. The Bertz CT molecular complexity index is 167. The molecule has 1 unspecified atom stereocenters. The van der Waals surface area contributed by atoms with Crippen LogP contribution in [0.3, 0.4) is 0 Å². The Kier molecular flexibility index (Phi) is 13.1. The summed E-state index contributed by atoms with van der Waals surface area (Å²) in [4.78, 5) is 0. The molecule has 0 rings (SSSR count). The molecule has 110 valence electrons. The summed E-state index contributed by atoms with van der Waals surface area (Å²) in [5, 5.41) is 3.34. The van der Waals surface area contributed by atoms with Crippen LogP contribution in [0.1, 0.15) is 20.3 Å². The highest BCUT2D eigenvalue weighted by atomic mass is 16.5. The Labute approximate surface area is 111 Å². The highest BCUT2D eigenvalue weighted by Crippen LogP contribution is 1.94. The van der Waals surface area contributed by atoms with Crippen LogP contribution in [0.15, 0.2) is 0 Å². The number of nitrogens with one attached hydrogen (secondary N) is 1. The molecule has 0 aromatic heterocycles. The minimum atomic E-state index is 0.0833. The second-order valence-electron chi connectivity index (χ2n) is 4.47. The topological polar surface area (TPSA) is 49.0 Å². The van der Waals surface area contributed by atoms with Gasteiger partial charge in [0, 0.05) is 40.0 Å². The third-order valence-corrected chi connectivity index (χ3v) is 2.32. The van der Waals surface area contributed by atoms with E-state index in [9.17, 15) is 0 Å². The zero-order chi connectivity index (χ0) is 13.6. The van der Waals surface area contributed by atoms with Crippen molar-refractivity contribution < 1.29 is 18.9 Å². The third-order valence-electron chi connectivity index (χ3n) is 2.32. The van der Waals surface area contributed by atoms with E-state index in [4.69, 9.17) is 18.9 Å². The van der Waals surface area contributed by atoms with Crippen LogP contribution in [0.25, 0.3) is 0 Å². The van der Waals surface area contributed by atoms with Crippen molar-refractivity contribution in [2.24, 2.45) is 0 Å². The molecular formula is C13H29NO4. The molecule has 1 atom stereocenters. The summed E-state index contributed by atoms with van der Waals surface area (Å²) in [6.45, 7) is 8.30. The second-order valence-corrected chi connectivity index (χ2v) is 4.47. The van der Waals surface area contributed by atoms with E-state index in [1.165, 1.54) is 0 Å². The van der Waals surface area contributed by atoms with E-state index in [1.54, 1.807) is 14.2 Å². The van der Waals surface area contributed by atoms with Crippen LogP contribution in [-0.2, 0) is 18.9 Å². The Morgan fingerprint density at radius 2 is 1.72 bits per heavy atom. The first-order chi connectivity index (χ1) is 8.70. The fourth-order valence-corrected chi connectivity index (χ4v) is 1.40. The molecule has 0 aromatic rings. The monoisotopic (exact) mass is 263 g/mol. The molecule has 0 spiro atoms. The molecule has 0 bridgehead atoms. The molecular weight excluding hydrogens is 234 g/mol. The van der Waals surface area contributed by atoms with Gasteiger partial charge in [-0.15, -0.1) is 0 Å². The molecule has 0 aromatic carbocycles. The van der Waals surface area contributed by atoms with Gasteiger partial charge in [-0.25, -0.2) is 0 Å². The zero-order valence-electron chi connectivity index (χ0n) is 12.2. The predicted octanol–water partition coefficient (Wildman–Crippen LogP) is 1.07. The van der Waals surface area contributed by atoms with Gasteiger partial charge in [0.25, 0.3) is 0 Å². The molecule has 5 nitrogen and oxygen atoms in total. The quantitative estimate of drug-likeness (QED) is 0.504. The lowest BCUT2D eigenvalue weighted by Crippen LogP contribution is -2.36. The van der Waals surface area contributed by atoms with E-state index in [-0.39, 0.29) is 6.10 Å². The number of ether oxygens (including phenoxy) is 4. The summed E-state index contributed by atoms with van der Waals surface area (Å²) >= 11 is 0. The molecule has 0 aliphatic rings. The van der Waals surface area contributed by atoms with E-state index in [1.807, 2.05) is 0 Å². The van der Waals surface area contributed by atoms with E-state index in [0.29, 0.717) is 25.9 Å². The minimum Gasteiger partial charge on any atom is -0.385 e. The Hall–Kier alpha value is -0.200. The van der Waals surface area contributed by atoms with E-state index < -0.39 is 0 Å². The molecule has 1 N–H and O–H groups in total. The van der Waals surface area contributed by atoms with Crippen LogP contribution in [0.4, 0.5) is 0 Å².